The Bertz CT molecular complexity index is 313. The van der Waals surface area contributed by atoms with Gasteiger partial charge in [-0.05, 0) is 26.8 Å². The van der Waals surface area contributed by atoms with Crippen LogP contribution in [0.5, 0.6) is 5.75 Å². The summed E-state index contributed by atoms with van der Waals surface area (Å²) in [6.07, 6.45) is 0.177. The van der Waals surface area contributed by atoms with Crippen LogP contribution in [0.25, 0.3) is 0 Å². The van der Waals surface area contributed by atoms with Crippen LogP contribution in [-0.2, 0) is 6.54 Å². The van der Waals surface area contributed by atoms with Crippen LogP contribution < -0.4 is 10.1 Å². The summed E-state index contributed by atoms with van der Waals surface area (Å²) in [7, 11) is 0. The highest BCUT2D eigenvalue weighted by molar-refractivity contribution is 5.33. The number of rotatable bonds is 6. The van der Waals surface area contributed by atoms with Gasteiger partial charge >= 0.3 is 0 Å². The largest absolute Gasteiger partial charge is 0.491 e. The smallest absolute Gasteiger partial charge is 0.124 e. The number of para-hydroxylation sites is 1. The molecule has 0 amide bonds. The van der Waals surface area contributed by atoms with Crippen LogP contribution >= 0.6 is 0 Å². The van der Waals surface area contributed by atoms with E-state index in [1.165, 1.54) is 0 Å². The van der Waals surface area contributed by atoms with Gasteiger partial charge < -0.3 is 15.2 Å². The predicted molar refractivity (Wildman–Crippen MR) is 65.6 cm³/mol. The van der Waals surface area contributed by atoms with Gasteiger partial charge in [-0.15, -0.1) is 0 Å². The highest BCUT2D eigenvalue weighted by atomic mass is 16.5. The molecule has 3 heteroatoms. The molecule has 0 aliphatic rings. The molecule has 0 heterocycles. The average molecular weight is 223 g/mol. The number of aliphatic hydroxyl groups is 1. The summed E-state index contributed by atoms with van der Waals surface area (Å²) in [6.45, 7) is 6.84. The van der Waals surface area contributed by atoms with E-state index in [0.717, 1.165) is 11.3 Å². The van der Waals surface area contributed by atoms with Crippen molar-refractivity contribution in [3.05, 3.63) is 29.8 Å². The fourth-order valence-corrected chi connectivity index (χ4v) is 1.37. The fourth-order valence-electron chi connectivity index (χ4n) is 1.37. The Labute approximate surface area is 97.4 Å². The molecule has 1 atom stereocenters. The molecule has 0 aliphatic carbocycles. The van der Waals surface area contributed by atoms with Crippen LogP contribution in [0.3, 0.4) is 0 Å². The molecule has 1 aromatic carbocycles. The number of ether oxygens (including phenoxy) is 1. The minimum Gasteiger partial charge on any atom is -0.491 e. The summed E-state index contributed by atoms with van der Waals surface area (Å²) in [4.78, 5) is 0. The maximum absolute atomic E-state index is 8.93. The second-order valence-corrected chi connectivity index (χ2v) is 4.24. The lowest BCUT2D eigenvalue weighted by Gasteiger charge is -2.16. The van der Waals surface area contributed by atoms with Gasteiger partial charge in [0.25, 0.3) is 0 Å². The maximum atomic E-state index is 8.93. The van der Waals surface area contributed by atoms with Gasteiger partial charge in [0.2, 0.25) is 0 Å². The van der Waals surface area contributed by atoms with E-state index < -0.39 is 0 Å². The normalized spacial score (nSPS) is 12.8. The maximum Gasteiger partial charge on any atom is 0.124 e. The first kappa shape index (κ1) is 13.0. The standard InChI is InChI=1S/C13H21NO2/c1-10(2)16-13-7-5-4-6-12(13)8-14-11(3)9-15/h4-7,10-11,14-15H,8-9H2,1-3H3. The molecular formula is C13H21NO2. The topological polar surface area (TPSA) is 41.5 Å². The fraction of sp³-hybridized carbons (Fsp3) is 0.538. The molecule has 0 aromatic heterocycles. The summed E-state index contributed by atoms with van der Waals surface area (Å²) < 4.78 is 5.71. The summed E-state index contributed by atoms with van der Waals surface area (Å²) in [5.74, 6) is 0.912. The average Bonchev–Trinajstić information content (AvgIpc) is 2.26. The summed E-state index contributed by atoms with van der Waals surface area (Å²) in [5, 5.41) is 12.2. The van der Waals surface area contributed by atoms with Gasteiger partial charge in [-0.3, -0.25) is 0 Å². The van der Waals surface area contributed by atoms with E-state index in [1.54, 1.807) is 0 Å². The minimum absolute atomic E-state index is 0.104. The minimum atomic E-state index is 0.104. The van der Waals surface area contributed by atoms with Gasteiger partial charge in [0.1, 0.15) is 5.75 Å². The molecule has 16 heavy (non-hydrogen) atoms. The highest BCUT2D eigenvalue weighted by Gasteiger charge is 2.06. The Hall–Kier alpha value is -1.06. The molecule has 0 spiro atoms. The van der Waals surface area contributed by atoms with Crippen LogP contribution in [-0.4, -0.2) is 23.9 Å². The lowest BCUT2D eigenvalue weighted by atomic mass is 10.2. The van der Waals surface area contributed by atoms with Crippen molar-refractivity contribution < 1.29 is 9.84 Å². The predicted octanol–water partition coefficient (Wildman–Crippen LogP) is 1.94. The Morgan fingerprint density at radius 3 is 2.56 bits per heavy atom. The van der Waals surface area contributed by atoms with E-state index >= 15 is 0 Å². The van der Waals surface area contributed by atoms with Crippen molar-refractivity contribution in [1.82, 2.24) is 5.32 Å². The third-order valence-corrected chi connectivity index (χ3v) is 2.25. The lowest BCUT2D eigenvalue weighted by molar-refractivity contribution is 0.235. The van der Waals surface area contributed by atoms with E-state index in [0.29, 0.717) is 6.54 Å². The van der Waals surface area contributed by atoms with Gasteiger partial charge in [-0.25, -0.2) is 0 Å². The first-order valence-corrected chi connectivity index (χ1v) is 5.72. The van der Waals surface area contributed by atoms with Gasteiger partial charge in [0.05, 0.1) is 12.7 Å². The zero-order valence-corrected chi connectivity index (χ0v) is 10.2. The summed E-state index contributed by atoms with van der Waals surface area (Å²) in [5.41, 5.74) is 1.12. The summed E-state index contributed by atoms with van der Waals surface area (Å²) >= 11 is 0. The molecule has 1 rings (SSSR count). The zero-order chi connectivity index (χ0) is 12.0. The van der Waals surface area contributed by atoms with Gasteiger partial charge in [0.15, 0.2) is 0 Å². The second kappa shape index (κ2) is 6.51. The Kier molecular flexibility index (Phi) is 5.29. The molecule has 0 fully saturated rings. The quantitative estimate of drug-likeness (QED) is 0.774. The lowest BCUT2D eigenvalue weighted by Crippen LogP contribution is -2.28. The van der Waals surface area contributed by atoms with Crippen molar-refractivity contribution >= 4 is 0 Å². The van der Waals surface area contributed by atoms with Crippen LogP contribution in [0.2, 0.25) is 0 Å². The molecule has 2 N–H and O–H groups in total. The number of benzene rings is 1. The van der Waals surface area contributed by atoms with E-state index in [-0.39, 0.29) is 18.8 Å². The second-order valence-electron chi connectivity index (χ2n) is 4.24. The highest BCUT2D eigenvalue weighted by Crippen LogP contribution is 2.19. The number of aliphatic hydroxyl groups excluding tert-OH is 1. The summed E-state index contributed by atoms with van der Waals surface area (Å²) in [6, 6.07) is 8.08. The van der Waals surface area contributed by atoms with Crippen molar-refractivity contribution in [3.8, 4) is 5.75 Å². The van der Waals surface area contributed by atoms with Crippen LogP contribution in [0.4, 0.5) is 0 Å². The first-order chi connectivity index (χ1) is 7.63. The van der Waals surface area contributed by atoms with Gasteiger partial charge in [-0.2, -0.15) is 0 Å². The Morgan fingerprint density at radius 1 is 1.25 bits per heavy atom. The van der Waals surface area contributed by atoms with Crippen molar-refractivity contribution in [2.75, 3.05) is 6.61 Å². The van der Waals surface area contributed by atoms with E-state index in [2.05, 4.69) is 5.32 Å². The van der Waals surface area contributed by atoms with Crippen molar-refractivity contribution in [2.45, 2.75) is 39.5 Å². The molecule has 0 saturated carbocycles. The molecule has 0 aliphatic heterocycles. The SMILES string of the molecule is CC(CO)NCc1ccccc1OC(C)C. The van der Waals surface area contributed by atoms with Crippen LogP contribution in [0, 0.1) is 0 Å². The molecule has 0 saturated heterocycles. The first-order valence-electron chi connectivity index (χ1n) is 5.72. The van der Waals surface area contributed by atoms with Gasteiger partial charge in [0, 0.05) is 18.2 Å². The van der Waals surface area contributed by atoms with E-state index in [9.17, 15) is 0 Å². The molecule has 0 bridgehead atoms. The number of nitrogens with one attached hydrogen (secondary N) is 1. The number of hydrogen-bond donors (Lipinski definition) is 2. The van der Waals surface area contributed by atoms with Crippen LogP contribution in [0.1, 0.15) is 26.3 Å². The van der Waals surface area contributed by atoms with Crippen molar-refractivity contribution in [2.24, 2.45) is 0 Å². The monoisotopic (exact) mass is 223 g/mol. The molecule has 90 valence electrons. The van der Waals surface area contributed by atoms with Crippen molar-refractivity contribution in [3.63, 3.8) is 0 Å². The zero-order valence-electron chi connectivity index (χ0n) is 10.2. The third-order valence-electron chi connectivity index (χ3n) is 2.25. The third kappa shape index (κ3) is 4.21. The Morgan fingerprint density at radius 2 is 1.94 bits per heavy atom. The molecule has 0 radical (unpaired) electrons. The number of hydrogen-bond acceptors (Lipinski definition) is 3. The Balaban J connectivity index is 2.63. The van der Waals surface area contributed by atoms with Crippen molar-refractivity contribution in [1.29, 1.82) is 0 Å². The molecular weight excluding hydrogens is 202 g/mol. The molecule has 3 nitrogen and oxygen atoms in total. The molecule has 1 unspecified atom stereocenters. The van der Waals surface area contributed by atoms with Gasteiger partial charge in [-0.1, -0.05) is 18.2 Å². The van der Waals surface area contributed by atoms with Crippen LogP contribution in [0.15, 0.2) is 24.3 Å². The molecule has 1 aromatic rings. The van der Waals surface area contributed by atoms with E-state index in [1.807, 2.05) is 45.0 Å². The van der Waals surface area contributed by atoms with E-state index in [4.69, 9.17) is 9.84 Å².